The van der Waals surface area contributed by atoms with Crippen LogP contribution in [0.5, 0.6) is 0 Å². The maximum atomic E-state index is 13.2. The lowest BCUT2D eigenvalue weighted by atomic mass is 10.1. The monoisotopic (exact) mass is 442 g/mol. The number of anilines is 1. The van der Waals surface area contributed by atoms with Gasteiger partial charge in [0.2, 0.25) is 16.1 Å². The SMILES string of the molecule is O=C(O[C@@H](C(=O)N1CCCCC1)c1ccccc1)c1cccc(N2CCCS2(=O)=O)c1. The maximum Gasteiger partial charge on any atom is 0.339 e. The van der Waals surface area contributed by atoms with Crippen LogP contribution < -0.4 is 4.31 Å². The van der Waals surface area contributed by atoms with Gasteiger partial charge in [0.05, 0.1) is 17.0 Å². The molecule has 0 spiro atoms. The van der Waals surface area contributed by atoms with Gasteiger partial charge in [-0.25, -0.2) is 13.2 Å². The third-order valence-electron chi connectivity index (χ3n) is 5.69. The standard InChI is InChI=1S/C23H26N2O5S/c26-22(24-13-5-2-6-14-24)21(18-9-3-1-4-10-18)30-23(27)19-11-7-12-20(17-19)25-15-8-16-31(25,28)29/h1,3-4,7,9-12,17,21H,2,5-6,8,13-16H2/t21-/m1/s1. The van der Waals surface area contributed by atoms with Crippen LogP contribution in [-0.4, -0.2) is 50.6 Å². The highest BCUT2D eigenvalue weighted by molar-refractivity contribution is 7.93. The molecule has 2 heterocycles. The van der Waals surface area contributed by atoms with Crippen LogP contribution in [0.25, 0.3) is 0 Å². The molecule has 0 bridgehead atoms. The fourth-order valence-corrected chi connectivity index (χ4v) is 5.62. The third kappa shape index (κ3) is 4.74. The van der Waals surface area contributed by atoms with E-state index < -0.39 is 22.1 Å². The molecule has 0 saturated carbocycles. The van der Waals surface area contributed by atoms with E-state index in [1.807, 2.05) is 6.07 Å². The van der Waals surface area contributed by atoms with Crippen molar-refractivity contribution in [3.05, 3.63) is 65.7 Å². The van der Waals surface area contributed by atoms with Gasteiger partial charge >= 0.3 is 5.97 Å². The molecule has 4 rings (SSSR count). The van der Waals surface area contributed by atoms with Gasteiger partial charge in [0.1, 0.15) is 0 Å². The topological polar surface area (TPSA) is 84.0 Å². The molecule has 1 amide bonds. The van der Waals surface area contributed by atoms with Gasteiger partial charge in [0, 0.05) is 25.2 Å². The molecule has 0 unspecified atom stereocenters. The number of sulfonamides is 1. The number of amides is 1. The minimum Gasteiger partial charge on any atom is -0.444 e. The van der Waals surface area contributed by atoms with E-state index in [2.05, 4.69) is 0 Å². The molecule has 8 heteroatoms. The molecule has 2 aromatic rings. The van der Waals surface area contributed by atoms with Crippen molar-refractivity contribution >= 4 is 27.6 Å². The second kappa shape index (κ2) is 9.09. The van der Waals surface area contributed by atoms with Gasteiger partial charge in [0.25, 0.3) is 5.91 Å². The van der Waals surface area contributed by atoms with Gasteiger partial charge < -0.3 is 9.64 Å². The van der Waals surface area contributed by atoms with E-state index >= 15 is 0 Å². The number of esters is 1. The summed E-state index contributed by atoms with van der Waals surface area (Å²) in [5.74, 6) is -0.780. The van der Waals surface area contributed by atoms with Crippen molar-refractivity contribution in [2.24, 2.45) is 0 Å². The maximum absolute atomic E-state index is 13.2. The van der Waals surface area contributed by atoms with Crippen LogP contribution in [0, 0.1) is 0 Å². The second-order valence-corrected chi connectivity index (χ2v) is 9.89. The Labute approximate surface area is 182 Å². The van der Waals surface area contributed by atoms with E-state index in [4.69, 9.17) is 4.74 Å². The number of rotatable bonds is 5. The van der Waals surface area contributed by atoms with Crippen LogP contribution in [-0.2, 0) is 19.6 Å². The molecule has 0 aliphatic carbocycles. The highest BCUT2D eigenvalue weighted by Gasteiger charge is 2.32. The number of hydrogen-bond donors (Lipinski definition) is 0. The number of benzene rings is 2. The van der Waals surface area contributed by atoms with Crippen LogP contribution in [0.4, 0.5) is 5.69 Å². The average molecular weight is 443 g/mol. The molecule has 164 valence electrons. The summed E-state index contributed by atoms with van der Waals surface area (Å²) in [4.78, 5) is 27.9. The first kappa shape index (κ1) is 21.4. The highest BCUT2D eigenvalue weighted by atomic mass is 32.2. The Kier molecular flexibility index (Phi) is 6.27. The van der Waals surface area contributed by atoms with Crippen molar-refractivity contribution in [1.82, 2.24) is 4.90 Å². The lowest BCUT2D eigenvalue weighted by molar-refractivity contribution is -0.142. The number of likely N-dealkylation sites (tertiary alicyclic amines) is 1. The number of nitrogens with zero attached hydrogens (tertiary/aromatic N) is 2. The Morgan fingerprint density at radius 1 is 0.871 bits per heavy atom. The van der Waals surface area contributed by atoms with Crippen LogP contribution >= 0.6 is 0 Å². The van der Waals surface area contributed by atoms with Gasteiger partial charge in [-0.2, -0.15) is 0 Å². The van der Waals surface area contributed by atoms with E-state index in [1.54, 1.807) is 47.4 Å². The zero-order chi connectivity index (χ0) is 21.8. The molecular weight excluding hydrogens is 416 g/mol. The summed E-state index contributed by atoms with van der Waals surface area (Å²) < 4.78 is 31.5. The molecule has 31 heavy (non-hydrogen) atoms. The summed E-state index contributed by atoms with van der Waals surface area (Å²) >= 11 is 0. The summed E-state index contributed by atoms with van der Waals surface area (Å²) in [6.07, 6.45) is 2.48. The van der Waals surface area contributed by atoms with E-state index in [9.17, 15) is 18.0 Å². The summed E-state index contributed by atoms with van der Waals surface area (Å²) in [5.41, 5.74) is 1.27. The number of carbonyl (C=O) groups excluding carboxylic acids is 2. The van der Waals surface area contributed by atoms with Crippen LogP contribution in [0.2, 0.25) is 0 Å². The Balaban J connectivity index is 1.58. The Hall–Kier alpha value is -2.87. The predicted molar refractivity (Wildman–Crippen MR) is 117 cm³/mol. The molecule has 2 aromatic carbocycles. The predicted octanol–water partition coefficient (Wildman–Crippen LogP) is 3.14. The minimum atomic E-state index is -3.36. The number of carbonyl (C=O) groups is 2. The molecule has 2 fully saturated rings. The van der Waals surface area contributed by atoms with Crippen molar-refractivity contribution < 1.29 is 22.7 Å². The summed E-state index contributed by atoms with van der Waals surface area (Å²) in [6.45, 7) is 1.70. The summed E-state index contributed by atoms with van der Waals surface area (Å²) in [5, 5.41) is 0. The first-order valence-corrected chi connectivity index (χ1v) is 12.2. The van der Waals surface area contributed by atoms with Gasteiger partial charge in [0.15, 0.2) is 0 Å². The van der Waals surface area contributed by atoms with Gasteiger partial charge in [-0.15, -0.1) is 0 Å². The van der Waals surface area contributed by atoms with Gasteiger partial charge in [-0.1, -0.05) is 36.4 Å². The Morgan fingerprint density at radius 2 is 1.61 bits per heavy atom. The highest BCUT2D eigenvalue weighted by Crippen LogP contribution is 2.27. The quantitative estimate of drug-likeness (QED) is 0.665. The van der Waals surface area contributed by atoms with Gasteiger partial charge in [-0.3, -0.25) is 9.10 Å². The Morgan fingerprint density at radius 3 is 2.29 bits per heavy atom. The summed E-state index contributed by atoms with van der Waals surface area (Å²) in [6, 6.07) is 15.4. The molecule has 0 aromatic heterocycles. The Bertz CT molecular complexity index is 1050. The zero-order valence-electron chi connectivity index (χ0n) is 17.3. The van der Waals surface area contributed by atoms with E-state index in [1.165, 1.54) is 10.4 Å². The van der Waals surface area contributed by atoms with Crippen LogP contribution in [0.1, 0.15) is 47.7 Å². The molecule has 2 aliphatic rings. The molecule has 1 atom stereocenters. The smallest absolute Gasteiger partial charge is 0.339 e. The first-order valence-electron chi connectivity index (χ1n) is 10.6. The van der Waals surface area contributed by atoms with Crippen molar-refractivity contribution in [2.75, 3.05) is 29.7 Å². The molecule has 0 N–H and O–H groups in total. The lowest BCUT2D eigenvalue weighted by Crippen LogP contribution is -2.40. The fourth-order valence-electron chi connectivity index (χ4n) is 4.06. The van der Waals surface area contributed by atoms with Crippen molar-refractivity contribution in [1.29, 1.82) is 0 Å². The lowest BCUT2D eigenvalue weighted by Gasteiger charge is -2.30. The minimum absolute atomic E-state index is 0.0993. The van der Waals surface area contributed by atoms with E-state index in [0.717, 1.165) is 19.3 Å². The van der Waals surface area contributed by atoms with Crippen molar-refractivity contribution in [3.8, 4) is 0 Å². The third-order valence-corrected chi connectivity index (χ3v) is 7.56. The van der Waals surface area contributed by atoms with Crippen LogP contribution in [0.15, 0.2) is 54.6 Å². The molecule has 0 radical (unpaired) electrons. The molecule has 2 saturated heterocycles. The number of hydrogen-bond acceptors (Lipinski definition) is 5. The first-order chi connectivity index (χ1) is 15.0. The van der Waals surface area contributed by atoms with Crippen molar-refractivity contribution in [3.63, 3.8) is 0 Å². The fraction of sp³-hybridized carbons (Fsp3) is 0.391. The number of piperidine rings is 1. The average Bonchev–Trinajstić information content (AvgIpc) is 3.17. The second-order valence-electron chi connectivity index (χ2n) is 7.87. The molecule has 7 nitrogen and oxygen atoms in total. The van der Waals surface area contributed by atoms with E-state index in [-0.39, 0.29) is 17.2 Å². The van der Waals surface area contributed by atoms with Gasteiger partial charge in [-0.05, 0) is 43.9 Å². The molecular formula is C23H26N2O5S. The normalized spacial score (nSPS) is 19.1. The number of ether oxygens (including phenoxy) is 1. The zero-order valence-corrected chi connectivity index (χ0v) is 18.1. The van der Waals surface area contributed by atoms with Crippen molar-refractivity contribution in [2.45, 2.75) is 31.8 Å². The largest absolute Gasteiger partial charge is 0.444 e. The summed E-state index contributed by atoms with van der Waals surface area (Å²) in [7, 11) is -3.36. The van der Waals surface area contributed by atoms with Crippen LogP contribution in [0.3, 0.4) is 0 Å². The van der Waals surface area contributed by atoms with E-state index in [0.29, 0.717) is 37.3 Å². The molecule has 2 aliphatic heterocycles.